The van der Waals surface area contributed by atoms with Gasteiger partial charge in [0.25, 0.3) is 0 Å². The van der Waals surface area contributed by atoms with Crippen LogP contribution in [0.3, 0.4) is 0 Å². The molecule has 0 bridgehead atoms. The third-order valence-electron chi connectivity index (χ3n) is 4.53. The minimum Gasteiger partial charge on any atom is -0.449 e. The summed E-state index contributed by atoms with van der Waals surface area (Å²) >= 11 is 0. The third kappa shape index (κ3) is 2.66. The Labute approximate surface area is 132 Å². The summed E-state index contributed by atoms with van der Waals surface area (Å²) in [6.07, 6.45) is 3.82. The molecule has 1 saturated heterocycles. The summed E-state index contributed by atoms with van der Waals surface area (Å²) in [7, 11) is 0. The van der Waals surface area contributed by atoms with Gasteiger partial charge in [-0.2, -0.15) is 0 Å². The smallest absolute Gasteiger partial charge is 0.310 e. The van der Waals surface area contributed by atoms with E-state index in [-0.39, 0.29) is 11.9 Å². The maximum absolute atomic E-state index is 12.4. The van der Waals surface area contributed by atoms with Crippen molar-refractivity contribution in [1.29, 1.82) is 0 Å². The normalized spacial score (nSPS) is 19.9. The molecule has 2 nitrogen and oxygen atoms in total. The van der Waals surface area contributed by atoms with Crippen molar-refractivity contribution in [3.63, 3.8) is 0 Å². The summed E-state index contributed by atoms with van der Waals surface area (Å²) in [6, 6.07) is 20.2. The molecule has 0 amide bonds. The number of benzene rings is 2. The number of ether oxygens (including phenoxy) is 1. The van der Waals surface area contributed by atoms with Gasteiger partial charge in [-0.05, 0) is 6.42 Å². The molecule has 0 N–H and O–H groups in total. The molecule has 1 fully saturated rings. The van der Waals surface area contributed by atoms with Gasteiger partial charge in [-0.1, -0.05) is 80.4 Å². The van der Waals surface area contributed by atoms with E-state index in [9.17, 15) is 4.79 Å². The monoisotopic (exact) mass is 294 g/mol. The summed E-state index contributed by atoms with van der Waals surface area (Å²) in [5.41, 5.74) is 1.50. The van der Waals surface area contributed by atoms with Crippen LogP contribution in [0.15, 0.2) is 60.7 Å². The van der Waals surface area contributed by atoms with Crippen LogP contribution < -0.4 is 0 Å². The zero-order valence-electron chi connectivity index (χ0n) is 13.0. The van der Waals surface area contributed by atoms with Crippen LogP contribution in [0.4, 0.5) is 0 Å². The Balaban J connectivity index is 2.01. The fourth-order valence-electron chi connectivity index (χ4n) is 3.33. The van der Waals surface area contributed by atoms with Gasteiger partial charge in [-0.15, -0.1) is 0 Å². The lowest BCUT2D eigenvalue weighted by Crippen LogP contribution is -2.27. The maximum Gasteiger partial charge on any atom is 0.310 e. The molecule has 1 atom stereocenters. The molecule has 0 unspecified atom stereocenters. The van der Waals surface area contributed by atoms with Crippen molar-refractivity contribution < 1.29 is 9.53 Å². The molecule has 2 aromatic rings. The van der Waals surface area contributed by atoms with E-state index in [1.807, 2.05) is 36.4 Å². The van der Waals surface area contributed by atoms with E-state index in [0.717, 1.165) is 36.8 Å². The minimum atomic E-state index is -0.627. The second-order valence-corrected chi connectivity index (χ2v) is 6.02. The fourth-order valence-corrected chi connectivity index (χ4v) is 3.33. The van der Waals surface area contributed by atoms with Gasteiger partial charge in [-0.25, -0.2) is 0 Å². The highest BCUT2D eigenvalue weighted by Gasteiger charge is 2.48. The molecule has 0 saturated carbocycles. The molecule has 0 aliphatic carbocycles. The number of carbonyl (C=O) groups excluding carboxylic acids is 1. The number of hydrogen-bond acceptors (Lipinski definition) is 2. The number of esters is 1. The Kier molecular flexibility index (Phi) is 4.28. The summed E-state index contributed by atoms with van der Waals surface area (Å²) in [5.74, 6) is -0.0541. The van der Waals surface area contributed by atoms with Gasteiger partial charge >= 0.3 is 5.97 Å². The number of unbranched alkanes of at least 4 members (excludes halogenated alkanes) is 1. The molecule has 0 radical (unpaired) electrons. The molecule has 1 heterocycles. The SMILES string of the molecule is CCCC[C@H]1CC(c2ccccc2)(c2ccccc2)OC1=O. The highest BCUT2D eigenvalue weighted by molar-refractivity contribution is 5.76. The van der Waals surface area contributed by atoms with Crippen molar-refractivity contribution >= 4 is 5.97 Å². The van der Waals surface area contributed by atoms with Crippen molar-refractivity contribution in [2.75, 3.05) is 0 Å². The topological polar surface area (TPSA) is 26.3 Å². The molecule has 2 heteroatoms. The molecule has 3 rings (SSSR count). The molecule has 0 spiro atoms. The highest BCUT2D eigenvalue weighted by atomic mass is 16.6. The van der Waals surface area contributed by atoms with E-state index < -0.39 is 5.60 Å². The third-order valence-corrected chi connectivity index (χ3v) is 4.53. The van der Waals surface area contributed by atoms with Crippen molar-refractivity contribution in [2.24, 2.45) is 5.92 Å². The van der Waals surface area contributed by atoms with Crippen LogP contribution in [-0.4, -0.2) is 5.97 Å². The average molecular weight is 294 g/mol. The first kappa shape index (κ1) is 14.8. The predicted octanol–water partition coefficient (Wildman–Crippen LogP) is 4.68. The predicted molar refractivity (Wildman–Crippen MR) is 87.4 cm³/mol. The van der Waals surface area contributed by atoms with E-state index in [1.165, 1.54) is 0 Å². The molecule has 114 valence electrons. The second kappa shape index (κ2) is 6.35. The van der Waals surface area contributed by atoms with Gasteiger partial charge in [0, 0.05) is 17.5 Å². The van der Waals surface area contributed by atoms with Gasteiger partial charge in [0.1, 0.15) is 0 Å². The van der Waals surface area contributed by atoms with Crippen LogP contribution in [0.2, 0.25) is 0 Å². The first-order valence-electron chi connectivity index (χ1n) is 8.10. The van der Waals surface area contributed by atoms with E-state index in [0.29, 0.717) is 0 Å². The van der Waals surface area contributed by atoms with Gasteiger partial charge in [0.15, 0.2) is 5.60 Å². The molecular formula is C20H22O2. The molecule has 22 heavy (non-hydrogen) atoms. The van der Waals surface area contributed by atoms with Crippen LogP contribution in [0.1, 0.15) is 43.7 Å². The number of rotatable bonds is 5. The number of hydrogen-bond donors (Lipinski definition) is 0. The lowest BCUT2D eigenvalue weighted by Gasteiger charge is -2.29. The van der Waals surface area contributed by atoms with E-state index in [2.05, 4.69) is 31.2 Å². The van der Waals surface area contributed by atoms with E-state index in [1.54, 1.807) is 0 Å². The minimum absolute atomic E-state index is 0.000335. The Hall–Kier alpha value is -2.09. The largest absolute Gasteiger partial charge is 0.449 e. The van der Waals surface area contributed by atoms with E-state index >= 15 is 0 Å². The zero-order valence-corrected chi connectivity index (χ0v) is 13.0. The lowest BCUT2D eigenvalue weighted by atomic mass is 9.80. The second-order valence-electron chi connectivity index (χ2n) is 6.02. The van der Waals surface area contributed by atoms with Gasteiger partial charge in [-0.3, -0.25) is 4.79 Å². The van der Waals surface area contributed by atoms with Gasteiger partial charge in [0.2, 0.25) is 0 Å². The Morgan fingerprint density at radius 2 is 1.55 bits per heavy atom. The first-order chi connectivity index (χ1) is 10.8. The fraction of sp³-hybridized carbons (Fsp3) is 0.350. The molecule has 0 aromatic heterocycles. The molecule has 2 aromatic carbocycles. The summed E-state index contributed by atoms with van der Waals surface area (Å²) in [4.78, 5) is 12.4. The van der Waals surface area contributed by atoms with Crippen LogP contribution in [0, 0.1) is 5.92 Å². The Morgan fingerprint density at radius 1 is 1.00 bits per heavy atom. The summed E-state index contributed by atoms with van der Waals surface area (Å²) in [5, 5.41) is 0. The summed E-state index contributed by atoms with van der Waals surface area (Å²) < 4.78 is 5.99. The zero-order chi connectivity index (χ0) is 15.4. The standard InChI is InChI=1S/C20H22O2/c1-2-3-10-16-15-20(22-19(16)21,17-11-6-4-7-12-17)18-13-8-5-9-14-18/h4-9,11-14,16H,2-3,10,15H2,1H3/t16-/m0/s1. The Morgan fingerprint density at radius 3 is 2.05 bits per heavy atom. The van der Waals surface area contributed by atoms with Crippen LogP contribution in [-0.2, 0) is 15.1 Å². The van der Waals surface area contributed by atoms with Crippen LogP contribution >= 0.6 is 0 Å². The molecular weight excluding hydrogens is 272 g/mol. The lowest BCUT2D eigenvalue weighted by molar-refractivity contribution is -0.148. The number of carbonyl (C=O) groups is 1. The highest BCUT2D eigenvalue weighted by Crippen LogP contribution is 2.46. The average Bonchev–Trinajstić information content (AvgIpc) is 2.92. The molecule has 1 aliphatic heterocycles. The van der Waals surface area contributed by atoms with Crippen molar-refractivity contribution in [3.05, 3.63) is 71.8 Å². The van der Waals surface area contributed by atoms with Gasteiger partial charge < -0.3 is 4.74 Å². The first-order valence-corrected chi connectivity index (χ1v) is 8.10. The van der Waals surface area contributed by atoms with Crippen molar-refractivity contribution in [2.45, 2.75) is 38.2 Å². The van der Waals surface area contributed by atoms with Crippen LogP contribution in [0.25, 0.3) is 0 Å². The van der Waals surface area contributed by atoms with Crippen LogP contribution in [0.5, 0.6) is 0 Å². The molecule has 1 aliphatic rings. The number of cyclic esters (lactones) is 1. The summed E-state index contributed by atoms with van der Waals surface area (Å²) in [6.45, 7) is 2.15. The van der Waals surface area contributed by atoms with E-state index in [4.69, 9.17) is 4.74 Å². The van der Waals surface area contributed by atoms with Crippen molar-refractivity contribution in [3.8, 4) is 0 Å². The van der Waals surface area contributed by atoms with Crippen molar-refractivity contribution in [1.82, 2.24) is 0 Å². The quantitative estimate of drug-likeness (QED) is 0.748. The maximum atomic E-state index is 12.4. The van der Waals surface area contributed by atoms with Gasteiger partial charge in [0.05, 0.1) is 5.92 Å². The Bertz CT molecular complexity index is 579.